The van der Waals surface area contributed by atoms with Crippen LogP contribution in [0.3, 0.4) is 0 Å². The fourth-order valence-electron chi connectivity index (χ4n) is 2.33. The van der Waals surface area contributed by atoms with Crippen LogP contribution in [-0.2, 0) is 11.2 Å². The van der Waals surface area contributed by atoms with Crippen LogP contribution in [0.4, 0.5) is 0 Å². The topological polar surface area (TPSA) is 69.8 Å². The zero-order valence-electron chi connectivity index (χ0n) is 10.9. The van der Waals surface area contributed by atoms with Gasteiger partial charge in [0.2, 0.25) is 5.91 Å². The Morgan fingerprint density at radius 1 is 1.61 bits per heavy atom. The molecule has 1 aliphatic heterocycles. The fraction of sp³-hybridized carbons (Fsp3) is 0.692. The monoisotopic (exact) mass is 250 g/mol. The molecule has 1 aromatic heterocycles. The van der Waals surface area contributed by atoms with Gasteiger partial charge in [-0.3, -0.25) is 4.79 Å². The van der Waals surface area contributed by atoms with Crippen molar-refractivity contribution in [3.05, 3.63) is 18.2 Å². The molecule has 3 N–H and O–H groups in total. The highest BCUT2D eigenvalue weighted by molar-refractivity contribution is 5.81. The van der Waals surface area contributed by atoms with Gasteiger partial charge in [-0.1, -0.05) is 6.92 Å². The van der Waals surface area contributed by atoms with Gasteiger partial charge in [-0.25, -0.2) is 4.98 Å². The summed E-state index contributed by atoms with van der Waals surface area (Å²) in [5.41, 5.74) is 0. The first-order valence-electron chi connectivity index (χ1n) is 6.75. The highest BCUT2D eigenvalue weighted by Gasteiger charge is 2.23. The Morgan fingerprint density at radius 3 is 3.22 bits per heavy atom. The summed E-state index contributed by atoms with van der Waals surface area (Å²) < 4.78 is 0. The zero-order valence-corrected chi connectivity index (χ0v) is 10.9. The van der Waals surface area contributed by atoms with Crippen molar-refractivity contribution in [3.63, 3.8) is 0 Å². The molecule has 18 heavy (non-hydrogen) atoms. The van der Waals surface area contributed by atoms with Gasteiger partial charge in [-0.15, -0.1) is 0 Å². The van der Waals surface area contributed by atoms with Gasteiger partial charge < -0.3 is 15.6 Å². The molecule has 0 bridgehead atoms. The number of H-pyrrole nitrogens is 1. The van der Waals surface area contributed by atoms with Crippen LogP contribution in [0.1, 0.15) is 32.0 Å². The third-order valence-electron chi connectivity index (χ3n) is 3.43. The number of piperidine rings is 1. The van der Waals surface area contributed by atoms with E-state index >= 15 is 0 Å². The number of nitrogens with zero attached hydrogens (tertiary/aromatic N) is 1. The summed E-state index contributed by atoms with van der Waals surface area (Å²) in [7, 11) is 0. The quantitative estimate of drug-likeness (QED) is 0.678. The zero-order chi connectivity index (χ0) is 12.8. The van der Waals surface area contributed by atoms with Gasteiger partial charge >= 0.3 is 0 Å². The number of carbonyl (C=O) groups is 1. The van der Waals surface area contributed by atoms with Crippen LogP contribution in [0.15, 0.2) is 12.4 Å². The van der Waals surface area contributed by atoms with Crippen LogP contribution in [-0.4, -0.2) is 35.0 Å². The van der Waals surface area contributed by atoms with Crippen molar-refractivity contribution < 1.29 is 4.79 Å². The van der Waals surface area contributed by atoms with Crippen molar-refractivity contribution in [2.75, 3.05) is 13.1 Å². The van der Waals surface area contributed by atoms with E-state index in [2.05, 4.69) is 27.5 Å². The number of aryl methyl sites for hydroxylation is 1. The van der Waals surface area contributed by atoms with E-state index in [1.54, 1.807) is 6.20 Å². The molecular formula is C13H22N4O. The van der Waals surface area contributed by atoms with Crippen molar-refractivity contribution in [2.45, 2.75) is 38.6 Å². The average Bonchev–Trinajstić information content (AvgIpc) is 2.87. The summed E-state index contributed by atoms with van der Waals surface area (Å²) in [5, 5.41) is 6.27. The standard InChI is InChI=1S/C13H22N4O/c1-10-4-6-14-11(9-10)13(18)17-5-2-3-12-15-7-8-16-12/h7-8,10-11,14H,2-6,9H2,1H3,(H,15,16)(H,17,18). The molecule has 0 spiro atoms. The third-order valence-corrected chi connectivity index (χ3v) is 3.43. The molecule has 0 radical (unpaired) electrons. The number of hydrogen-bond acceptors (Lipinski definition) is 3. The lowest BCUT2D eigenvalue weighted by atomic mass is 9.94. The second kappa shape index (κ2) is 6.54. The van der Waals surface area contributed by atoms with Gasteiger partial charge in [0.05, 0.1) is 6.04 Å². The van der Waals surface area contributed by atoms with Crippen molar-refractivity contribution in [3.8, 4) is 0 Å². The number of nitrogens with one attached hydrogen (secondary N) is 3. The van der Waals surface area contributed by atoms with Crippen LogP contribution in [0.2, 0.25) is 0 Å². The molecule has 0 saturated carbocycles. The molecular weight excluding hydrogens is 228 g/mol. The van der Waals surface area contributed by atoms with Gasteiger partial charge in [0.1, 0.15) is 5.82 Å². The van der Waals surface area contributed by atoms with E-state index in [9.17, 15) is 4.79 Å². The Labute approximate surface area is 108 Å². The Morgan fingerprint density at radius 2 is 2.50 bits per heavy atom. The molecule has 2 unspecified atom stereocenters. The van der Waals surface area contributed by atoms with Gasteiger partial charge in [-0.2, -0.15) is 0 Å². The molecule has 1 fully saturated rings. The Bertz CT molecular complexity index is 363. The van der Waals surface area contributed by atoms with Crippen LogP contribution in [0.25, 0.3) is 0 Å². The number of amides is 1. The van der Waals surface area contributed by atoms with E-state index in [-0.39, 0.29) is 11.9 Å². The first kappa shape index (κ1) is 13.1. The maximum absolute atomic E-state index is 11.9. The summed E-state index contributed by atoms with van der Waals surface area (Å²) in [6.07, 6.45) is 7.48. The Balaban J connectivity index is 1.62. The molecule has 100 valence electrons. The van der Waals surface area contributed by atoms with Crippen molar-refractivity contribution >= 4 is 5.91 Å². The van der Waals surface area contributed by atoms with Crippen molar-refractivity contribution in [2.24, 2.45) is 5.92 Å². The van der Waals surface area contributed by atoms with Gasteiger partial charge in [-0.05, 0) is 31.7 Å². The average molecular weight is 250 g/mol. The molecule has 1 saturated heterocycles. The van der Waals surface area contributed by atoms with E-state index < -0.39 is 0 Å². The number of imidazole rings is 1. The number of hydrogen-bond donors (Lipinski definition) is 3. The second-order valence-electron chi connectivity index (χ2n) is 5.07. The van der Waals surface area contributed by atoms with Gasteiger partial charge in [0.25, 0.3) is 0 Å². The van der Waals surface area contributed by atoms with Crippen LogP contribution < -0.4 is 10.6 Å². The largest absolute Gasteiger partial charge is 0.355 e. The number of aromatic amines is 1. The molecule has 0 aromatic carbocycles. The smallest absolute Gasteiger partial charge is 0.237 e. The molecule has 0 aliphatic carbocycles. The van der Waals surface area contributed by atoms with E-state index in [4.69, 9.17) is 0 Å². The minimum absolute atomic E-state index is 0.00244. The summed E-state index contributed by atoms with van der Waals surface area (Å²) in [6, 6.07) is -0.00244. The predicted octanol–water partition coefficient (Wildman–Crippen LogP) is 0.847. The molecule has 1 amide bonds. The van der Waals surface area contributed by atoms with E-state index in [0.29, 0.717) is 12.5 Å². The lowest BCUT2D eigenvalue weighted by molar-refractivity contribution is -0.124. The van der Waals surface area contributed by atoms with Gasteiger partial charge in [0, 0.05) is 25.4 Å². The highest BCUT2D eigenvalue weighted by atomic mass is 16.2. The molecule has 2 heterocycles. The van der Waals surface area contributed by atoms with Crippen molar-refractivity contribution in [1.29, 1.82) is 0 Å². The van der Waals surface area contributed by atoms with Gasteiger partial charge in [0.15, 0.2) is 0 Å². The molecule has 1 aliphatic rings. The SMILES string of the molecule is CC1CCNC(C(=O)NCCCc2ncc[nH]2)C1. The minimum Gasteiger partial charge on any atom is -0.355 e. The first-order valence-corrected chi connectivity index (χ1v) is 6.75. The summed E-state index contributed by atoms with van der Waals surface area (Å²) >= 11 is 0. The molecule has 5 nitrogen and oxygen atoms in total. The lowest BCUT2D eigenvalue weighted by Gasteiger charge is -2.27. The number of aromatic nitrogens is 2. The van der Waals surface area contributed by atoms with Crippen LogP contribution in [0, 0.1) is 5.92 Å². The number of rotatable bonds is 5. The Kier molecular flexibility index (Phi) is 4.75. The molecule has 1 aromatic rings. The minimum atomic E-state index is -0.00244. The Hall–Kier alpha value is -1.36. The third kappa shape index (κ3) is 3.84. The highest BCUT2D eigenvalue weighted by Crippen LogP contribution is 2.14. The predicted molar refractivity (Wildman–Crippen MR) is 70.1 cm³/mol. The summed E-state index contributed by atoms with van der Waals surface area (Å²) in [4.78, 5) is 19.1. The fourth-order valence-corrected chi connectivity index (χ4v) is 2.33. The first-order chi connectivity index (χ1) is 8.75. The normalized spacial score (nSPS) is 23.8. The van der Waals surface area contributed by atoms with Crippen LogP contribution in [0.5, 0.6) is 0 Å². The number of carbonyl (C=O) groups excluding carboxylic acids is 1. The van der Waals surface area contributed by atoms with Crippen LogP contribution >= 0.6 is 0 Å². The van der Waals surface area contributed by atoms with E-state index in [1.165, 1.54) is 6.42 Å². The van der Waals surface area contributed by atoms with Crippen molar-refractivity contribution in [1.82, 2.24) is 20.6 Å². The van der Waals surface area contributed by atoms with E-state index in [1.807, 2.05) is 6.20 Å². The second-order valence-corrected chi connectivity index (χ2v) is 5.07. The van der Waals surface area contributed by atoms with E-state index in [0.717, 1.165) is 31.6 Å². The summed E-state index contributed by atoms with van der Waals surface area (Å²) in [6.45, 7) is 3.87. The molecule has 5 heteroatoms. The molecule has 2 atom stereocenters. The molecule has 2 rings (SSSR count). The maximum atomic E-state index is 11.9. The maximum Gasteiger partial charge on any atom is 0.237 e. The lowest BCUT2D eigenvalue weighted by Crippen LogP contribution is -2.48. The summed E-state index contributed by atoms with van der Waals surface area (Å²) in [5.74, 6) is 1.76.